The van der Waals surface area contributed by atoms with Crippen LogP contribution in [0, 0.1) is 11.2 Å². The normalized spacial score (nSPS) is 12.6. The molecule has 0 aliphatic heterocycles. The van der Waals surface area contributed by atoms with Gasteiger partial charge in [-0.1, -0.05) is 27.7 Å². The number of hydrogen-bond donors (Lipinski definition) is 3. The summed E-state index contributed by atoms with van der Waals surface area (Å²) in [4.78, 5) is 24.0. The zero-order valence-electron chi connectivity index (χ0n) is 13.4. The van der Waals surface area contributed by atoms with Crippen LogP contribution in [0.1, 0.15) is 44.5 Å². The summed E-state index contributed by atoms with van der Waals surface area (Å²) in [6, 6.07) is 3.39. The van der Waals surface area contributed by atoms with Crippen molar-refractivity contribution in [1.82, 2.24) is 5.32 Å². The van der Waals surface area contributed by atoms with Crippen molar-refractivity contribution in [3.05, 3.63) is 29.6 Å². The smallest absolute Gasteiger partial charge is 0.254 e. The van der Waals surface area contributed by atoms with E-state index in [0.717, 1.165) is 6.07 Å². The van der Waals surface area contributed by atoms with Crippen molar-refractivity contribution < 1.29 is 19.1 Å². The molecule has 0 fully saturated rings. The fourth-order valence-electron chi connectivity index (χ4n) is 1.64. The second-order valence-corrected chi connectivity index (χ2v) is 6.16. The van der Waals surface area contributed by atoms with E-state index in [0.29, 0.717) is 12.1 Å². The summed E-state index contributed by atoms with van der Waals surface area (Å²) >= 11 is 0. The standard InChI is InChI=1S/C16H23FN2O3/c1-5-10(9-20)18-14(21)12-8-11(6-7-13(12)17)19-15(22)16(2,3)4/h6-8,10,20H,5,9H2,1-4H3,(H,18,21)(H,19,22). The molecule has 0 heterocycles. The first-order valence-electron chi connectivity index (χ1n) is 7.21. The van der Waals surface area contributed by atoms with E-state index in [1.165, 1.54) is 12.1 Å². The fourth-order valence-corrected chi connectivity index (χ4v) is 1.64. The molecule has 3 N–H and O–H groups in total. The summed E-state index contributed by atoms with van der Waals surface area (Å²) in [6.45, 7) is 6.85. The molecular weight excluding hydrogens is 287 g/mol. The molecule has 1 atom stereocenters. The molecule has 0 aliphatic rings. The van der Waals surface area contributed by atoms with Crippen LogP contribution in [-0.4, -0.2) is 29.6 Å². The molecule has 0 bridgehead atoms. The van der Waals surface area contributed by atoms with E-state index in [4.69, 9.17) is 5.11 Å². The van der Waals surface area contributed by atoms with Gasteiger partial charge in [0.1, 0.15) is 5.82 Å². The van der Waals surface area contributed by atoms with E-state index in [1.807, 2.05) is 0 Å². The summed E-state index contributed by atoms with van der Waals surface area (Å²) in [6.07, 6.45) is 0.532. The first-order valence-corrected chi connectivity index (χ1v) is 7.21. The lowest BCUT2D eigenvalue weighted by Gasteiger charge is -2.18. The lowest BCUT2D eigenvalue weighted by atomic mass is 9.95. The number of anilines is 1. The number of carbonyl (C=O) groups excluding carboxylic acids is 2. The summed E-state index contributed by atoms with van der Waals surface area (Å²) in [5.41, 5.74) is -0.414. The highest BCUT2D eigenvalue weighted by molar-refractivity contribution is 5.98. The summed E-state index contributed by atoms with van der Waals surface area (Å²) < 4.78 is 13.8. The summed E-state index contributed by atoms with van der Waals surface area (Å²) in [5.74, 6) is -1.53. The molecule has 1 unspecified atom stereocenters. The topological polar surface area (TPSA) is 78.4 Å². The lowest BCUT2D eigenvalue weighted by Crippen LogP contribution is -2.37. The van der Waals surface area contributed by atoms with Gasteiger partial charge in [-0.05, 0) is 24.6 Å². The quantitative estimate of drug-likeness (QED) is 0.781. The van der Waals surface area contributed by atoms with Gasteiger partial charge in [-0.3, -0.25) is 9.59 Å². The summed E-state index contributed by atoms with van der Waals surface area (Å²) in [5, 5.41) is 14.3. The second kappa shape index (κ2) is 7.35. The van der Waals surface area contributed by atoms with Crippen molar-refractivity contribution in [3.8, 4) is 0 Å². The Labute approximate surface area is 129 Å². The van der Waals surface area contributed by atoms with Crippen LogP contribution in [0.25, 0.3) is 0 Å². The average Bonchev–Trinajstić information content (AvgIpc) is 2.45. The lowest BCUT2D eigenvalue weighted by molar-refractivity contribution is -0.123. The molecule has 1 aromatic carbocycles. The van der Waals surface area contributed by atoms with E-state index in [1.54, 1.807) is 27.7 Å². The van der Waals surface area contributed by atoms with Crippen molar-refractivity contribution in [2.75, 3.05) is 11.9 Å². The first-order chi connectivity index (χ1) is 10.2. The van der Waals surface area contributed by atoms with Gasteiger partial charge >= 0.3 is 0 Å². The number of carbonyl (C=O) groups is 2. The van der Waals surface area contributed by atoms with Crippen LogP contribution in [-0.2, 0) is 4.79 Å². The zero-order valence-corrected chi connectivity index (χ0v) is 13.4. The van der Waals surface area contributed by atoms with E-state index < -0.39 is 23.2 Å². The SMILES string of the molecule is CCC(CO)NC(=O)c1cc(NC(=O)C(C)(C)C)ccc1F. The Morgan fingerprint density at radius 3 is 2.45 bits per heavy atom. The molecule has 0 spiro atoms. The van der Waals surface area contributed by atoms with E-state index in [9.17, 15) is 14.0 Å². The van der Waals surface area contributed by atoms with E-state index in [2.05, 4.69) is 10.6 Å². The third kappa shape index (κ3) is 4.80. The van der Waals surface area contributed by atoms with Gasteiger partial charge in [0.15, 0.2) is 0 Å². The monoisotopic (exact) mass is 310 g/mol. The van der Waals surface area contributed by atoms with Crippen LogP contribution < -0.4 is 10.6 Å². The van der Waals surface area contributed by atoms with Crippen molar-refractivity contribution in [2.45, 2.75) is 40.2 Å². The largest absolute Gasteiger partial charge is 0.394 e. The van der Waals surface area contributed by atoms with Crippen LogP contribution in [0.3, 0.4) is 0 Å². The molecule has 1 rings (SSSR count). The molecular formula is C16H23FN2O3. The predicted molar refractivity (Wildman–Crippen MR) is 83.1 cm³/mol. The highest BCUT2D eigenvalue weighted by Gasteiger charge is 2.22. The van der Waals surface area contributed by atoms with E-state index in [-0.39, 0.29) is 18.1 Å². The number of aliphatic hydroxyl groups excluding tert-OH is 1. The van der Waals surface area contributed by atoms with Crippen molar-refractivity contribution in [3.63, 3.8) is 0 Å². The first kappa shape index (κ1) is 18.1. The molecule has 122 valence electrons. The van der Waals surface area contributed by atoms with Crippen LogP contribution in [0.2, 0.25) is 0 Å². The number of aliphatic hydroxyl groups is 1. The number of rotatable bonds is 5. The van der Waals surface area contributed by atoms with Gasteiger partial charge in [0.2, 0.25) is 5.91 Å². The molecule has 0 aromatic heterocycles. The van der Waals surface area contributed by atoms with Crippen LogP contribution in [0.4, 0.5) is 10.1 Å². The Morgan fingerprint density at radius 1 is 1.32 bits per heavy atom. The molecule has 2 amide bonds. The molecule has 0 saturated carbocycles. The minimum absolute atomic E-state index is 0.168. The minimum Gasteiger partial charge on any atom is -0.394 e. The van der Waals surface area contributed by atoms with E-state index >= 15 is 0 Å². The number of benzene rings is 1. The number of amides is 2. The Hall–Kier alpha value is -1.95. The minimum atomic E-state index is -0.681. The molecule has 0 radical (unpaired) electrons. The molecule has 6 heteroatoms. The Kier molecular flexibility index (Phi) is 6.05. The van der Waals surface area contributed by atoms with Gasteiger partial charge in [-0.15, -0.1) is 0 Å². The summed E-state index contributed by atoms with van der Waals surface area (Å²) in [7, 11) is 0. The highest BCUT2D eigenvalue weighted by Crippen LogP contribution is 2.20. The van der Waals surface area contributed by atoms with Gasteiger partial charge in [0, 0.05) is 11.1 Å². The Morgan fingerprint density at radius 2 is 1.95 bits per heavy atom. The zero-order chi connectivity index (χ0) is 16.9. The van der Waals surface area contributed by atoms with Gasteiger partial charge in [0.25, 0.3) is 5.91 Å². The predicted octanol–water partition coefficient (Wildman–Crippen LogP) is 2.31. The van der Waals surface area contributed by atoms with Gasteiger partial charge in [-0.2, -0.15) is 0 Å². The van der Waals surface area contributed by atoms with Crippen LogP contribution >= 0.6 is 0 Å². The molecule has 0 saturated heterocycles. The van der Waals surface area contributed by atoms with Crippen molar-refractivity contribution >= 4 is 17.5 Å². The number of halogens is 1. The van der Waals surface area contributed by atoms with Gasteiger partial charge in [0.05, 0.1) is 18.2 Å². The van der Waals surface area contributed by atoms with Crippen LogP contribution in [0.15, 0.2) is 18.2 Å². The van der Waals surface area contributed by atoms with Crippen molar-refractivity contribution in [1.29, 1.82) is 0 Å². The second-order valence-electron chi connectivity index (χ2n) is 6.16. The maximum atomic E-state index is 13.8. The maximum absolute atomic E-state index is 13.8. The molecule has 0 aliphatic carbocycles. The average molecular weight is 310 g/mol. The van der Waals surface area contributed by atoms with Gasteiger partial charge < -0.3 is 15.7 Å². The molecule has 22 heavy (non-hydrogen) atoms. The third-order valence-electron chi connectivity index (χ3n) is 3.20. The number of hydrogen-bond acceptors (Lipinski definition) is 3. The highest BCUT2D eigenvalue weighted by atomic mass is 19.1. The molecule has 5 nitrogen and oxygen atoms in total. The van der Waals surface area contributed by atoms with Gasteiger partial charge in [-0.25, -0.2) is 4.39 Å². The maximum Gasteiger partial charge on any atom is 0.254 e. The Bertz CT molecular complexity index is 549. The van der Waals surface area contributed by atoms with Crippen molar-refractivity contribution in [2.24, 2.45) is 5.41 Å². The third-order valence-corrected chi connectivity index (χ3v) is 3.20. The fraction of sp³-hybridized carbons (Fsp3) is 0.500. The molecule has 1 aromatic rings. The number of nitrogens with one attached hydrogen (secondary N) is 2. The van der Waals surface area contributed by atoms with Crippen LogP contribution in [0.5, 0.6) is 0 Å². The Balaban J connectivity index is 2.95.